The molecule has 0 saturated heterocycles. The van der Waals surface area contributed by atoms with Crippen LogP contribution in [0.25, 0.3) is 16.6 Å². The van der Waals surface area contributed by atoms with Gasteiger partial charge in [-0.1, -0.05) is 59.8 Å². The van der Waals surface area contributed by atoms with Crippen LogP contribution in [0.3, 0.4) is 0 Å². The van der Waals surface area contributed by atoms with E-state index in [9.17, 15) is 0 Å². The van der Waals surface area contributed by atoms with Crippen LogP contribution in [0.1, 0.15) is 11.1 Å². The minimum atomic E-state index is 0.894. The van der Waals surface area contributed by atoms with Crippen molar-refractivity contribution in [1.82, 2.24) is 14.6 Å². The second kappa shape index (κ2) is 5.46. The summed E-state index contributed by atoms with van der Waals surface area (Å²) in [6.45, 7) is 2.12. The Kier molecular flexibility index (Phi) is 3.31. The molecule has 0 atom stereocenters. The molecule has 0 fully saturated rings. The number of aryl methyl sites for hydroxylation is 1. The van der Waals surface area contributed by atoms with Gasteiger partial charge in [0.25, 0.3) is 0 Å². The zero-order valence-corrected chi connectivity index (χ0v) is 13.0. The first kappa shape index (κ1) is 13.3. The van der Waals surface area contributed by atoms with Crippen molar-refractivity contribution in [3.05, 3.63) is 71.8 Å². The van der Waals surface area contributed by atoms with Gasteiger partial charge in [0, 0.05) is 5.75 Å². The SMILES string of the molecule is Cc1cccc(CSc2nnc3ccc4ccccc4n23)c1. The molecule has 0 radical (unpaired) electrons. The van der Waals surface area contributed by atoms with E-state index in [1.165, 1.54) is 16.5 Å². The minimum Gasteiger partial charge on any atom is -0.270 e. The quantitative estimate of drug-likeness (QED) is 0.523. The second-order valence-electron chi connectivity index (χ2n) is 5.35. The summed E-state index contributed by atoms with van der Waals surface area (Å²) in [7, 11) is 0. The number of hydrogen-bond donors (Lipinski definition) is 0. The fraction of sp³-hybridized carbons (Fsp3) is 0.111. The Morgan fingerprint density at radius 2 is 1.86 bits per heavy atom. The monoisotopic (exact) mass is 305 g/mol. The predicted molar refractivity (Wildman–Crippen MR) is 91.2 cm³/mol. The smallest absolute Gasteiger partial charge is 0.196 e. The van der Waals surface area contributed by atoms with Gasteiger partial charge in [-0.2, -0.15) is 0 Å². The standard InChI is InChI=1S/C18H15N3S/c1-13-5-4-6-14(11-13)12-22-18-20-19-17-10-9-15-7-2-3-8-16(15)21(17)18/h2-11H,12H2,1H3. The number of pyridine rings is 1. The Bertz CT molecular complexity index is 959. The molecule has 0 saturated carbocycles. The Hall–Kier alpha value is -2.33. The highest BCUT2D eigenvalue weighted by molar-refractivity contribution is 7.98. The summed E-state index contributed by atoms with van der Waals surface area (Å²) >= 11 is 1.72. The summed E-state index contributed by atoms with van der Waals surface area (Å²) in [6, 6.07) is 21.0. The molecule has 22 heavy (non-hydrogen) atoms. The van der Waals surface area contributed by atoms with E-state index in [1.807, 2.05) is 6.07 Å². The Balaban J connectivity index is 1.74. The van der Waals surface area contributed by atoms with Crippen LogP contribution in [-0.2, 0) is 5.75 Å². The third-order valence-corrected chi connectivity index (χ3v) is 4.70. The van der Waals surface area contributed by atoms with Crippen molar-refractivity contribution in [3.8, 4) is 0 Å². The molecule has 0 aliphatic carbocycles. The first-order valence-corrected chi connectivity index (χ1v) is 8.21. The van der Waals surface area contributed by atoms with Crippen molar-refractivity contribution in [3.63, 3.8) is 0 Å². The minimum absolute atomic E-state index is 0.894. The summed E-state index contributed by atoms with van der Waals surface area (Å²) in [4.78, 5) is 0. The van der Waals surface area contributed by atoms with E-state index in [2.05, 4.69) is 76.1 Å². The molecule has 0 spiro atoms. The largest absolute Gasteiger partial charge is 0.270 e. The maximum atomic E-state index is 4.36. The number of fused-ring (bicyclic) bond motifs is 3. The van der Waals surface area contributed by atoms with E-state index in [0.29, 0.717) is 0 Å². The van der Waals surface area contributed by atoms with Crippen molar-refractivity contribution in [2.75, 3.05) is 0 Å². The lowest BCUT2D eigenvalue weighted by molar-refractivity contribution is 0.940. The molecule has 4 heteroatoms. The summed E-state index contributed by atoms with van der Waals surface area (Å²) in [6.07, 6.45) is 0. The van der Waals surface area contributed by atoms with Crippen LogP contribution in [0.5, 0.6) is 0 Å². The molecule has 3 nitrogen and oxygen atoms in total. The van der Waals surface area contributed by atoms with Gasteiger partial charge in [0.2, 0.25) is 0 Å². The van der Waals surface area contributed by atoms with Crippen LogP contribution in [0, 0.1) is 6.92 Å². The van der Waals surface area contributed by atoms with Crippen LogP contribution in [-0.4, -0.2) is 14.6 Å². The normalized spacial score (nSPS) is 11.3. The molecule has 0 aliphatic rings. The number of para-hydroxylation sites is 1. The zero-order valence-electron chi connectivity index (χ0n) is 12.2. The Morgan fingerprint density at radius 3 is 2.77 bits per heavy atom. The van der Waals surface area contributed by atoms with Gasteiger partial charge >= 0.3 is 0 Å². The first-order chi connectivity index (χ1) is 10.8. The lowest BCUT2D eigenvalue weighted by Gasteiger charge is -2.05. The van der Waals surface area contributed by atoms with E-state index in [4.69, 9.17) is 0 Å². The molecule has 0 aliphatic heterocycles. The van der Waals surface area contributed by atoms with Gasteiger partial charge in [-0.25, -0.2) is 0 Å². The first-order valence-electron chi connectivity index (χ1n) is 7.22. The van der Waals surface area contributed by atoms with Gasteiger partial charge in [0.15, 0.2) is 10.8 Å². The van der Waals surface area contributed by atoms with Crippen molar-refractivity contribution in [2.45, 2.75) is 17.8 Å². The highest BCUT2D eigenvalue weighted by Gasteiger charge is 2.09. The van der Waals surface area contributed by atoms with Gasteiger partial charge in [-0.15, -0.1) is 10.2 Å². The van der Waals surface area contributed by atoms with Crippen molar-refractivity contribution < 1.29 is 0 Å². The molecule has 0 N–H and O–H groups in total. The Labute approximate surface area is 133 Å². The van der Waals surface area contributed by atoms with Gasteiger partial charge in [0.05, 0.1) is 5.52 Å². The average molecular weight is 305 g/mol. The maximum absolute atomic E-state index is 4.36. The van der Waals surface area contributed by atoms with Crippen LogP contribution in [0.4, 0.5) is 0 Å². The zero-order chi connectivity index (χ0) is 14.9. The highest BCUT2D eigenvalue weighted by atomic mass is 32.2. The molecule has 0 amide bonds. The fourth-order valence-electron chi connectivity index (χ4n) is 2.66. The number of rotatable bonds is 3. The lowest BCUT2D eigenvalue weighted by Crippen LogP contribution is -1.91. The van der Waals surface area contributed by atoms with Crippen molar-refractivity contribution in [1.29, 1.82) is 0 Å². The lowest BCUT2D eigenvalue weighted by atomic mass is 10.2. The van der Waals surface area contributed by atoms with E-state index in [-0.39, 0.29) is 0 Å². The van der Waals surface area contributed by atoms with E-state index >= 15 is 0 Å². The maximum Gasteiger partial charge on any atom is 0.196 e. The van der Waals surface area contributed by atoms with Gasteiger partial charge in [0.1, 0.15) is 0 Å². The molecule has 108 valence electrons. The second-order valence-corrected chi connectivity index (χ2v) is 6.29. The summed E-state index contributed by atoms with van der Waals surface area (Å²) in [5, 5.41) is 10.8. The molecular formula is C18H15N3S. The average Bonchev–Trinajstić information content (AvgIpc) is 2.97. The van der Waals surface area contributed by atoms with Gasteiger partial charge < -0.3 is 0 Å². The van der Waals surface area contributed by atoms with Gasteiger partial charge in [-0.05, 0) is 36.1 Å². The van der Waals surface area contributed by atoms with Crippen LogP contribution in [0.15, 0.2) is 65.8 Å². The Morgan fingerprint density at radius 1 is 0.955 bits per heavy atom. The predicted octanol–water partition coefficient (Wildman–Crippen LogP) is 4.48. The van der Waals surface area contributed by atoms with E-state index in [1.54, 1.807) is 11.8 Å². The molecule has 0 unspecified atom stereocenters. The molecule has 2 aromatic heterocycles. The fourth-order valence-corrected chi connectivity index (χ4v) is 3.55. The highest BCUT2D eigenvalue weighted by Crippen LogP contribution is 2.25. The molecule has 4 rings (SSSR count). The number of nitrogens with zero attached hydrogens (tertiary/aromatic N) is 3. The topological polar surface area (TPSA) is 30.2 Å². The molecular weight excluding hydrogens is 290 g/mol. The molecule has 2 heterocycles. The van der Waals surface area contributed by atoms with E-state index < -0.39 is 0 Å². The van der Waals surface area contributed by atoms with Crippen molar-refractivity contribution >= 4 is 28.3 Å². The molecule has 2 aromatic carbocycles. The molecule has 4 aromatic rings. The molecule has 0 bridgehead atoms. The third-order valence-electron chi connectivity index (χ3n) is 3.70. The van der Waals surface area contributed by atoms with Gasteiger partial charge in [-0.3, -0.25) is 4.40 Å². The summed E-state index contributed by atoms with van der Waals surface area (Å²) in [5.41, 5.74) is 4.64. The van der Waals surface area contributed by atoms with Crippen LogP contribution in [0.2, 0.25) is 0 Å². The summed E-state index contributed by atoms with van der Waals surface area (Å²) < 4.78 is 2.13. The number of hydrogen-bond acceptors (Lipinski definition) is 3. The summed E-state index contributed by atoms with van der Waals surface area (Å²) in [5.74, 6) is 0.895. The number of aromatic nitrogens is 3. The third kappa shape index (κ3) is 2.35. The number of thioether (sulfide) groups is 1. The van der Waals surface area contributed by atoms with Crippen LogP contribution >= 0.6 is 11.8 Å². The number of benzene rings is 2. The van der Waals surface area contributed by atoms with E-state index in [0.717, 1.165) is 22.1 Å². The van der Waals surface area contributed by atoms with Crippen molar-refractivity contribution in [2.24, 2.45) is 0 Å². The van der Waals surface area contributed by atoms with Crippen LogP contribution < -0.4 is 0 Å².